The number of furan rings is 1. The van der Waals surface area contributed by atoms with Crippen LogP contribution in [0.2, 0.25) is 0 Å². The average Bonchev–Trinajstić information content (AvgIpc) is 3.17. The number of nitriles is 1. The maximum Gasteiger partial charge on any atom is 0.350 e. The van der Waals surface area contributed by atoms with Crippen molar-refractivity contribution in [1.82, 2.24) is 10.6 Å². The van der Waals surface area contributed by atoms with Crippen LogP contribution in [0.1, 0.15) is 17.4 Å². The number of carbonyl (C=O) groups is 3. The first kappa shape index (κ1) is 18.5. The Kier molecular flexibility index (Phi) is 6.28. The van der Waals surface area contributed by atoms with Crippen molar-refractivity contribution >= 4 is 24.0 Å². The van der Waals surface area contributed by atoms with E-state index in [0.717, 1.165) is 0 Å². The highest BCUT2D eigenvalue weighted by molar-refractivity contribution is 6.01. The number of imide groups is 1. The molecule has 2 aromatic rings. The smallest absolute Gasteiger partial charge is 0.350 e. The molecule has 26 heavy (non-hydrogen) atoms. The molecule has 0 radical (unpaired) electrons. The summed E-state index contributed by atoms with van der Waals surface area (Å²) in [6.07, 6.45) is 1.17. The third kappa shape index (κ3) is 4.82. The summed E-state index contributed by atoms with van der Waals surface area (Å²) < 4.78 is 10.2. The van der Waals surface area contributed by atoms with Crippen LogP contribution < -0.4 is 10.6 Å². The van der Waals surface area contributed by atoms with E-state index in [2.05, 4.69) is 5.32 Å². The molecule has 0 aliphatic carbocycles. The summed E-state index contributed by atoms with van der Waals surface area (Å²) in [5.41, 5.74) is -0.00818. The van der Waals surface area contributed by atoms with Gasteiger partial charge in [0.1, 0.15) is 17.4 Å². The van der Waals surface area contributed by atoms with E-state index in [4.69, 9.17) is 9.15 Å². The van der Waals surface area contributed by atoms with Gasteiger partial charge in [-0.05, 0) is 12.1 Å². The van der Waals surface area contributed by atoms with Gasteiger partial charge in [0.05, 0.1) is 6.26 Å². The molecule has 0 aliphatic rings. The molecule has 0 unspecified atom stereocenters. The van der Waals surface area contributed by atoms with Gasteiger partial charge in [-0.1, -0.05) is 30.3 Å². The molecule has 1 aromatic carbocycles. The lowest BCUT2D eigenvalue weighted by Crippen LogP contribution is -2.41. The Morgan fingerprint density at radius 2 is 1.92 bits per heavy atom. The van der Waals surface area contributed by atoms with Gasteiger partial charge in [-0.15, -0.1) is 0 Å². The third-order valence-electron chi connectivity index (χ3n) is 3.20. The van der Waals surface area contributed by atoms with Crippen molar-refractivity contribution < 1.29 is 23.5 Å². The normalized spacial score (nSPS) is 11.8. The lowest BCUT2D eigenvalue weighted by Gasteiger charge is -2.17. The summed E-state index contributed by atoms with van der Waals surface area (Å²) in [6.45, 7) is 0. The van der Waals surface area contributed by atoms with Crippen molar-refractivity contribution in [2.75, 3.05) is 7.05 Å². The van der Waals surface area contributed by atoms with E-state index < -0.39 is 24.0 Å². The van der Waals surface area contributed by atoms with Crippen LogP contribution in [-0.4, -0.2) is 25.0 Å². The van der Waals surface area contributed by atoms with Gasteiger partial charge in [0, 0.05) is 18.7 Å². The van der Waals surface area contributed by atoms with Gasteiger partial charge in [-0.25, -0.2) is 9.59 Å². The largest absolute Gasteiger partial charge is 0.465 e. The SMILES string of the molecule is CNC(=O)NC(=O)[C@H](OC(=O)/C(C#N)=C/c1ccco1)c1ccccc1. The Balaban J connectivity index is 2.25. The molecule has 0 spiro atoms. The number of amides is 3. The summed E-state index contributed by atoms with van der Waals surface area (Å²) in [5, 5.41) is 13.5. The molecule has 2 N–H and O–H groups in total. The van der Waals surface area contributed by atoms with Crippen molar-refractivity contribution in [3.63, 3.8) is 0 Å². The molecule has 0 bridgehead atoms. The monoisotopic (exact) mass is 353 g/mol. The van der Waals surface area contributed by atoms with Crippen LogP contribution in [0.5, 0.6) is 0 Å². The highest BCUT2D eigenvalue weighted by Crippen LogP contribution is 2.20. The molecule has 132 valence electrons. The molecular formula is C18H15N3O5. The van der Waals surface area contributed by atoms with Crippen molar-refractivity contribution in [2.45, 2.75) is 6.10 Å². The predicted molar refractivity (Wildman–Crippen MR) is 90.2 cm³/mol. The Labute approximate surface area is 149 Å². The maximum absolute atomic E-state index is 12.3. The number of esters is 1. The first-order valence-electron chi connectivity index (χ1n) is 7.49. The number of benzene rings is 1. The van der Waals surface area contributed by atoms with Crippen LogP contribution in [0.25, 0.3) is 6.08 Å². The van der Waals surface area contributed by atoms with Gasteiger partial charge in [0.25, 0.3) is 5.91 Å². The molecule has 3 amide bonds. The number of hydrogen-bond acceptors (Lipinski definition) is 6. The number of urea groups is 1. The van der Waals surface area contributed by atoms with Gasteiger partial charge < -0.3 is 14.5 Å². The molecule has 1 heterocycles. The van der Waals surface area contributed by atoms with Crippen LogP contribution in [0, 0.1) is 11.3 Å². The topological polar surface area (TPSA) is 121 Å². The zero-order chi connectivity index (χ0) is 18.9. The van der Waals surface area contributed by atoms with Gasteiger partial charge in [0.15, 0.2) is 0 Å². The zero-order valence-corrected chi connectivity index (χ0v) is 13.8. The van der Waals surface area contributed by atoms with Crippen LogP contribution in [0.4, 0.5) is 4.79 Å². The second-order valence-electron chi connectivity index (χ2n) is 4.95. The predicted octanol–water partition coefficient (Wildman–Crippen LogP) is 1.93. The van der Waals surface area contributed by atoms with E-state index in [9.17, 15) is 19.6 Å². The minimum atomic E-state index is -1.41. The second-order valence-corrected chi connectivity index (χ2v) is 4.95. The van der Waals surface area contributed by atoms with E-state index in [1.54, 1.807) is 48.5 Å². The van der Waals surface area contributed by atoms with E-state index in [1.165, 1.54) is 19.4 Å². The molecule has 2 rings (SSSR count). The summed E-state index contributed by atoms with van der Waals surface area (Å²) >= 11 is 0. The van der Waals surface area contributed by atoms with Crippen LogP contribution in [0.15, 0.2) is 58.7 Å². The minimum absolute atomic E-state index is 0.282. The van der Waals surface area contributed by atoms with Crippen molar-refractivity contribution in [3.05, 3.63) is 65.6 Å². The van der Waals surface area contributed by atoms with E-state index in [1.807, 2.05) is 5.32 Å². The second kappa shape index (κ2) is 8.84. The van der Waals surface area contributed by atoms with E-state index in [0.29, 0.717) is 5.56 Å². The summed E-state index contributed by atoms with van der Waals surface area (Å²) in [7, 11) is 1.34. The standard InChI is InChI=1S/C18H15N3O5/c1-20-18(24)21-16(22)15(12-6-3-2-4-7-12)26-17(23)13(11-19)10-14-8-5-9-25-14/h2-10,15H,1H3,(H2,20,21,22,24)/b13-10+/t15-/m1/s1. The van der Waals surface area contributed by atoms with Crippen LogP contribution in [0.3, 0.4) is 0 Å². The fourth-order valence-corrected chi connectivity index (χ4v) is 1.96. The Morgan fingerprint density at radius 3 is 2.50 bits per heavy atom. The Hall–Kier alpha value is -3.86. The highest BCUT2D eigenvalue weighted by atomic mass is 16.5. The van der Waals surface area contributed by atoms with Gasteiger partial charge >= 0.3 is 12.0 Å². The highest BCUT2D eigenvalue weighted by Gasteiger charge is 2.27. The number of nitrogens with zero attached hydrogens (tertiary/aromatic N) is 1. The number of nitrogens with one attached hydrogen (secondary N) is 2. The minimum Gasteiger partial charge on any atom is -0.465 e. The van der Waals surface area contributed by atoms with Crippen molar-refractivity contribution in [1.29, 1.82) is 5.26 Å². The van der Waals surface area contributed by atoms with Crippen LogP contribution in [-0.2, 0) is 14.3 Å². The Morgan fingerprint density at radius 1 is 1.19 bits per heavy atom. The third-order valence-corrected chi connectivity index (χ3v) is 3.20. The average molecular weight is 353 g/mol. The quantitative estimate of drug-likeness (QED) is 0.481. The first-order chi connectivity index (χ1) is 12.5. The molecule has 0 saturated heterocycles. The molecule has 0 aliphatic heterocycles. The van der Waals surface area contributed by atoms with E-state index in [-0.39, 0.29) is 11.3 Å². The number of carbonyl (C=O) groups excluding carboxylic acids is 3. The van der Waals surface area contributed by atoms with Gasteiger partial charge in [-0.2, -0.15) is 5.26 Å². The molecule has 0 saturated carbocycles. The first-order valence-corrected chi connectivity index (χ1v) is 7.49. The number of hydrogen-bond donors (Lipinski definition) is 2. The summed E-state index contributed by atoms with van der Waals surface area (Å²) in [4.78, 5) is 36.0. The molecular weight excluding hydrogens is 338 g/mol. The van der Waals surface area contributed by atoms with E-state index >= 15 is 0 Å². The summed E-state index contributed by atoms with van der Waals surface area (Å²) in [5.74, 6) is -1.59. The van der Waals surface area contributed by atoms with Gasteiger partial charge in [0.2, 0.25) is 6.10 Å². The molecule has 1 aromatic heterocycles. The fraction of sp³-hybridized carbons (Fsp3) is 0.111. The molecule has 8 nitrogen and oxygen atoms in total. The van der Waals surface area contributed by atoms with Crippen molar-refractivity contribution in [2.24, 2.45) is 0 Å². The lowest BCUT2D eigenvalue weighted by atomic mass is 10.1. The lowest BCUT2D eigenvalue weighted by molar-refractivity contribution is -0.152. The Bertz CT molecular complexity index is 851. The van der Waals surface area contributed by atoms with Crippen molar-refractivity contribution in [3.8, 4) is 6.07 Å². The van der Waals surface area contributed by atoms with Gasteiger partial charge in [-0.3, -0.25) is 10.1 Å². The summed E-state index contributed by atoms with van der Waals surface area (Å²) in [6, 6.07) is 12.2. The molecule has 1 atom stereocenters. The molecule has 0 fully saturated rings. The number of ether oxygens (including phenoxy) is 1. The number of rotatable bonds is 5. The van der Waals surface area contributed by atoms with Crippen LogP contribution >= 0.6 is 0 Å². The molecule has 8 heteroatoms. The maximum atomic E-state index is 12.3. The fourth-order valence-electron chi connectivity index (χ4n) is 1.96. The zero-order valence-electron chi connectivity index (χ0n) is 13.8.